The van der Waals surface area contributed by atoms with E-state index >= 15 is 0 Å². The molecule has 25 heavy (non-hydrogen) atoms. The zero-order valence-electron chi connectivity index (χ0n) is 15.5. The highest BCUT2D eigenvalue weighted by Gasteiger charge is 2.67. The zero-order chi connectivity index (χ0) is 18.2. The Balaban J connectivity index is 1.75. The van der Waals surface area contributed by atoms with Crippen LogP contribution in [0.2, 0.25) is 0 Å². The van der Waals surface area contributed by atoms with Crippen LogP contribution in [0.15, 0.2) is 11.6 Å². The van der Waals surface area contributed by atoms with Crippen molar-refractivity contribution in [1.29, 1.82) is 0 Å². The van der Waals surface area contributed by atoms with Crippen LogP contribution < -0.4 is 0 Å². The summed E-state index contributed by atoms with van der Waals surface area (Å²) in [5.74, 6) is 0.776. The lowest BCUT2D eigenvalue weighted by atomic mass is 9.45. The van der Waals surface area contributed by atoms with Crippen molar-refractivity contribution in [3.63, 3.8) is 0 Å². The van der Waals surface area contributed by atoms with Gasteiger partial charge in [-0.25, -0.2) is 0 Å². The number of hydrogen-bond acceptors (Lipinski definition) is 4. The highest BCUT2D eigenvalue weighted by molar-refractivity contribution is 5.91. The van der Waals surface area contributed by atoms with E-state index in [0.717, 1.165) is 25.7 Å². The molecule has 138 valence electrons. The van der Waals surface area contributed by atoms with Crippen LogP contribution in [0.1, 0.15) is 65.7 Å². The number of rotatable bonds is 1. The molecule has 0 aliphatic heterocycles. The average Bonchev–Trinajstić information content (AvgIpc) is 2.80. The molecule has 4 aliphatic rings. The van der Waals surface area contributed by atoms with Crippen LogP contribution in [0.3, 0.4) is 0 Å². The van der Waals surface area contributed by atoms with Crippen molar-refractivity contribution in [3.05, 3.63) is 11.6 Å². The number of Topliss-reactive ketones (excluding diaryl/α,β-unsaturated/α-hetero) is 1. The minimum atomic E-state index is -1.30. The van der Waals surface area contributed by atoms with Gasteiger partial charge < -0.3 is 10.2 Å². The average molecular weight is 346 g/mol. The van der Waals surface area contributed by atoms with Crippen molar-refractivity contribution in [3.8, 4) is 0 Å². The fourth-order valence-electron chi connectivity index (χ4n) is 7.27. The molecule has 0 bridgehead atoms. The molecular weight excluding hydrogens is 316 g/mol. The number of aliphatic hydroxyl groups excluding tert-OH is 1. The van der Waals surface area contributed by atoms with Crippen LogP contribution in [-0.2, 0) is 9.59 Å². The van der Waals surface area contributed by atoms with Crippen LogP contribution in [0.25, 0.3) is 0 Å². The molecule has 0 spiro atoms. The summed E-state index contributed by atoms with van der Waals surface area (Å²) in [6.07, 6.45) is 6.38. The Labute approximate surface area is 149 Å². The lowest BCUT2D eigenvalue weighted by Crippen LogP contribution is -2.61. The molecule has 4 rings (SSSR count). The van der Waals surface area contributed by atoms with Gasteiger partial charge in [0.2, 0.25) is 0 Å². The first-order valence-electron chi connectivity index (χ1n) is 9.79. The first-order chi connectivity index (χ1) is 11.6. The zero-order valence-corrected chi connectivity index (χ0v) is 15.5. The van der Waals surface area contributed by atoms with Crippen LogP contribution in [-0.4, -0.2) is 33.5 Å². The van der Waals surface area contributed by atoms with Crippen LogP contribution in [0.5, 0.6) is 0 Å². The Kier molecular flexibility index (Phi) is 3.66. The highest BCUT2D eigenvalue weighted by Crippen LogP contribution is 2.67. The Morgan fingerprint density at radius 3 is 2.60 bits per heavy atom. The van der Waals surface area contributed by atoms with E-state index in [0.29, 0.717) is 25.2 Å². The molecule has 3 fully saturated rings. The Morgan fingerprint density at radius 2 is 1.92 bits per heavy atom. The lowest BCUT2D eigenvalue weighted by molar-refractivity contribution is -0.179. The standard InChI is InChI=1S/C21H30O4/c1-12(22)21(25)9-7-16-15-5-4-13-10-14(23)6-8-19(13,2)18(15)17(24)11-20(16,21)3/h10,15-18,24-25H,4-9,11H2,1-3H3/t15?,16?,17-,18?,19?,20?,21+/m1/s1. The quantitative estimate of drug-likeness (QED) is 0.766. The minimum Gasteiger partial charge on any atom is -0.393 e. The first kappa shape index (κ1) is 17.4. The smallest absolute Gasteiger partial charge is 0.161 e. The molecule has 0 aromatic carbocycles. The maximum atomic E-state index is 12.2. The van der Waals surface area contributed by atoms with Gasteiger partial charge >= 0.3 is 0 Å². The SMILES string of the molecule is CC(=O)[C@@]1(O)CCC2C3CCC4=CC(=O)CCC4(C)C3[C@H](O)CC21C. The lowest BCUT2D eigenvalue weighted by Gasteiger charge is -2.60. The van der Waals surface area contributed by atoms with Gasteiger partial charge in [0.15, 0.2) is 11.6 Å². The molecule has 0 aromatic heterocycles. The van der Waals surface area contributed by atoms with Crippen LogP contribution in [0.4, 0.5) is 0 Å². The van der Waals surface area contributed by atoms with Gasteiger partial charge in [0.25, 0.3) is 0 Å². The van der Waals surface area contributed by atoms with Gasteiger partial charge in [0.1, 0.15) is 5.60 Å². The maximum absolute atomic E-state index is 12.2. The number of carbonyl (C=O) groups excluding carboxylic acids is 2. The van der Waals surface area contributed by atoms with Gasteiger partial charge in [0, 0.05) is 11.8 Å². The molecule has 4 nitrogen and oxygen atoms in total. The molecule has 5 unspecified atom stereocenters. The van der Waals surface area contributed by atoms with Gasteiger partial charge in [0.05, 0.1) is 6.10 Å². The van der Waals surface area contributed by atoms with E-state index < -0.39 is 17.1 Å². The molecule has 4 aliphatic carbocycles. The number of aliphatic hydroxyl groups is 2. The monoisotopic (exact) mass is 346 g/mol. The number of hydrogen-bond donors (Lipinski definition) is 2. The van der Waals surface area contributed by atoms with Gasteiger partial charge in [-0.05, 0) is 74.7 Å². The summed E-state index contributed by atoms with van der Waals surface area (Å²) in [4.78, 5) is 24.1. The highest BCUT2D eigenvalue weighted by atomic mass is 16.3. The van der Waals surface area contributed by atoms with E-state index in [4.69, 9.17) is 0 Å². The third kappa shape index (κ3) is 2.07. The van der Waals surface area contributed by atoms with Crippen LogP contribution >= 0.6 is 0 Å². The molecule has 3 saturated carbocycles. The fourth-order valence-corrected chi connectivity index (χ4v) is 7.27. The van der Waals surface area contributed by atoms with E-state index in [9.17, 15) is 19.8 Å². The Bertz CT molecular complexity index is 667. The van der Waals surface area contributed by atoms with Crippen molar-refractivity contribution in [2.75, 3.05) is 0 Å². The van der Waals surface area contributed by atoms with E-state index in [-0.39, 0.29) is 28.8 Å². The molecule has 0 heterocycles. The van der Waals surface area contributed by atoms with Crippen LogP contribution in [0, 0.1) is 28.6 Å². The second-order valence-electron chi connectivity index (χ2n) is 9.53. The van der Waals surface area contributed by atoms with Crippen molar-refractivity contribution >= 4 is 11.6 Å². The second kappa shape index (κ2) is 5.26. The normalized spacial score (nSPS) is 52.0. The summed E-state index contributed by atoms with van der Waals surface area (Å²) in [7, 11) is 0. The summed E-state index contributed by atoms with van der Waals surface area (Å²) in [6, 6.07) is 0. The molecule has 0 saturated heterocycles. The summed E-state index contributed by atoms with van der Waals surface area (Å²) in [5, 5.41) is 22.3. The van der Waals surface area contributed by atoms with Gasteiger partial charge in [-0.3, -0.25) is 9.59 Å². The molecule has 2 N–H and O–H groups in total. The van der Waals surface area contributed by atoms with Crippen molar-refractivity contribution in [2.45, 2.75) is 77.4 Å². The number of ketones is 2. The summed E-state index contributed by atoms with van der Waals surface area (Å²) in [5.41, 5.74) is -0.744. The largest absolute Gasteiger partial charge is 0.393 e. The number of fused-ring (bicyclic) bond motifs is 5. The Morgan fingerprint density at radius 1 is 1.20 bits per heavy atom. The van der Waals surface area contributed by atoms with Crippen molar-refractivity contribution in [1.82, 2.24) is 0 Å². The molecule has 0 radical (unpaired) electrons. The number of carbonyl (C=O) groups is 2. The van der Waals surface area contributed by atoms with E-state index in [1.54, 1.807) is 0 Å². The molecule has 0 aromatic rings. The van der Waals surface area contributed by atoms with Crippen molar-refractivity contribution in [2.24, 2.45) is 28.6 Å². The van der Waals surface area contributed by atoms with Gasteiger partial charge in [-0.2, -0.15) is 0 Å². The molecular formula is C21H30O4. The summed E-state index contributed by atoms with van der Waals surface area (Å²) < 4.78 is 0. The summed E-state index contributed by atoms with van der Waals surface area (Å²) >= 11 is 0. The third-order valence-electron chi connectivity index (χ3n) is 8.63. The topological polar surface area (TPSA) is 74.6 Å². The van der Waals surface area contributed by atoms with Gasteiger partial charge in [-0.15, -0.1) is 0 Å². The maximum Gasteiger partial charge on any atom is 0.161 e. The number of allylic oxidation sites excluding steroid dienone is 1. The Hall–Kier alpha value is -1.00. The van der Waals surface area contributed by atoms with Crippen molar-refractivity contribution < 1.29 is 19.8 Å². The van der Waals surface area contributed by atoms with Gasteiger partial charge in [-0.1, -0.05) is 19.4 Å². The van der Waals surface area contributed by atoms with E-state index in [1.165, 1.54) is 12.5 Å². The summed E-state index contributed by atoms with van der Waals surface area (Å²) in [6.45, 7) is 5.73. The predicted octanol–water partition coefficient (Wildman–Crippen LogP) is 2.81. The molecule has 4 heteroatoms. The van der Waals surface area contributed by atoms with E-state index in [1.807, 2.05) is 13.0 Å². The third-order valence-corrected chi connectivity index (χ3v) is 8.63. The molecule has 7 atom stereocenters. The predicted molar refractivity (Wildman–Crippen MR) is 93.7 cm³/mol. The fraction of sp³-hybridized carbons (Fsp3) is 0.810. The molecule has 0 amide bonds. The second-order valence-corrected chi connectivity index (χ2v) is 9.53. The van der Waals surface area contributed by atoms with E-state index in [2.05, 4.69) is 6.92 Å². The first-order valence-corrected chi connectivity index (χ1v) is 9.79. The minimum absolute atomic E-state index is 0.117.